The third-order valence-corrected chi connectivity index (χ3v) is 12.5. The number of carbonyl (C=O) groups is 2. The van der Waals surface area contributed by atoms with Gasteiger partial charge in [0.2, 0.25) is 0 Å². The van der Waals surface area contributed by atoms with Crippen LogP contribution in [-0.4, -0.2) is 141 Å². The number of pyridine rings is 1. The zero-order valence-corrected chi connectivity index (χ0v) is 34.9. The molecule has 2 aliphatic heterocycles. The normalized spacial score (nSPS) is 40.6. The van der Waals surface area contributed by atoms with E-state index in [2.05, 4.69) is 4.98 Å². The fourth-order valence-corrected chi connectivity index (χ4v) is 9.05. The minimum Gasteiger partial charge on any atom is -0.462 e. The van der Waals surface area contributed by atoms with Gasteiger partial charge in [0.25, 0.3) is 0 Å². The van der Waals surface area contributed by atoms with E-state index in [-0.39, 0.29) is 43.6 Å². The standard InChI is InChI=1S/C42H66N2O12/c1-12-32-41(7,50)31(17-18-53-38(49)28-20-27-15-13-14-16-29(27)43-22-28)42(8,51)35(47)23(2)21-40(6,52-11)36(25(4)33(45)26(5)37(48)55-32)56-39-34(46)30(44(9)10)19-24(3)54-39/h13-16,20,22-26,30-36,39,45-47,50-51H,12,17-19,21H2,1-11H3/t23-,24-,25-,26-,30+,31-,32-,33+,34-,35?,36-,39+,40-,41+,42?/m1/s1. The number of nitrogens with zero attached hydrogens (tertiary/aromatic N) is 2. The lowest BCUT2D eigenvalue weighted by Crippen LogP contribution is -2.63. The van der Waals surface area contributed by atoms with Gasteiger partial charge >= 0.3 is 11.9 Å². The molecule has 15 atom stereocenters. The third kappa shape index (κ3) is 9.73. The highest BCUT2D eigenvalue weighted by Gasteiger charge is 2.56. The van der Waals surface area contributed by atoms with Crippen LogP contribution in [0.1, 0.15) is 91.4 Å². The van der Waals surface area contributed by atoms with Crippen molar-refractivity contribution in [3.8, 4) is 0 Å². The Labute approximate surface area is 331 Å². The highest BCUT2D eigenvalue weighted by atomic mass is 16.7. The summed E-state index contributed by atoms with van der Waals surface area (Å²) >= 11 is 0. The van der Waals surface area contributed by atoms with Crippen LogP contribution in [0.3, 0.4) is 0 Å². The highest BCUT2D eigenvalue weighted by Crippen LogP contribution is 2.44. The van der Waals surface area contributed by atoms with E-state index in [1.165, 1.54) is 34.1 Å². The smallest absolute Gasteiger partial charge is 0.339 e. The van der Waals surface area contributed by atoms with Crippen molar-refractivity contribution >= 4 is 22.8 Å². The van der Waals surface area contributed by atoms with Crippen molar-refractivity contribution < 1.29 is 58.8 Å². The average molecular weight is 791 g/mol. The van der Waals surface area contributed by atoms with Gasteiger partial charge in [0, 0.05) is 36.6 Å². The number of ether oxygens (including phenoxy) is 5. The Morgan fingerprint density at radius 1 is 1.02 bits per heavy atom. The second kappa shape index (κ2) is 18.4. The summed E-state index contributed by atoms with van der Waals surface area (Å²) in [6.45, 7) is 12.9. The van der Waals surface area contributed by atoms with Gasteiger partial charge in [0.15, 0.2) is 6.29 Å². The number of esters is 2. The lowest BCUT2D eigenvalue weighted by atomic mass is 9.66. The Hall–Kier alpha value is -2.79. The van der Waals surface area contributed by atoms with Gasteiger partial charge < -0.3 is 54.1 Å². The first-order chi connectivity index (χ1) is 26.1. The first-order valence-electron chi connectivity index (χ1n) is 19.8. The molecule has 0 saturated carbocycles. The second-order valence-corrected chi connectivity index (χ2v) is 17.1. The maximum absolute atomic E-state index is 13.9. The molecule has 4 rings (SSSR count). The van der Waals surface area contributed by atoms with Crippen molar-refractivity contribution in [1.29, 1.82) is 0 Å². The first kappa shape index (κ1) is 45.9. The van der Waals surface area contributed by atoms with E-state index in [0.29, 0.717) is 11.9 Å². The predicted octanol–water partition coefficient (Wildman–Crippen LogP) is 3.47. The molecule has 2 fully saturated rings. The molecule has 2 saturated heterocycles. The molecule has 14 nitrogen and oxygen atoms in total. The number of hydrogen-bond acceptors (Lipinski definition) is 14. The topological polar surface area (TPSA) is 198 Å². The fourth-order valence-electron chi connectivity index (χ4n) is 9.05. The van der Waals surface area contributed by atoms with Gasteiger partial charge in [-0.3, -0.25) is 9.78 Å². The summed E-state index contributed by atoms with van der Waals surface area (Å²) in [6, 6.07) is 8.71. The number of rotatable bonds is 9. The molecule has 14 heteroatoms. The number of aromatic nitrogens is 1. The van der Waals surface area contributed by atoms with E-state index < -0.39 is 89.2 Å². The Morgan fingerprint density at radius 3 is 2.30 bits per heavy atom. The van der Waals surface area contributed by atoms with Gasteiger partial charge in [-0.15, -0.1) is 0 Å². The minimum absolute atomic E-state index is 0.0624. The second-order valence-electron chi connectivity index (χ2n) is 17.1. The molecule has 2 unspecified atom stereocenters. The molecule has 5 N–H and O–H groups in total. The van der Waals surface area contributed by atoms with E-state index >= 15 is 0 Å². The van der Waals surface area contributed by atoms with E-state index in [1.54, 1.807) is 33.8 Å². The molecule has 0 aliphatic carbocycles. The number of methoxy groups -OCH3 is 1. The summed E-state index contributed by atoms with van der Waals surface area (Å²) in [6.07, 6.45) is -5.51. The molecule has 56 heavy (non-hydrogen) atoms. The Bertz CT molecular complexity index is 1620. The molecule has 1 aromatic carbocycles. The predicted molar refractivity (Wildman–Crippen MR) is 208 cm³/mol. The van der Waals surface area contributed by atoms with Crippen LogP contribution in [0.2, 0.25) is 0 Å². The molecule has 2 aliphatic rings. The number of aliphatic hydroxyl groups is 5. The summed E-state index contributed by atoms with van der Waals surface area (Å²) in [5, 5.41) is 60.8. The number of hydrogen-bond donors (Lipinski definition) is 5. The summed E-state index contributed by atoms with van der Waals surface area (Å²) in [4.78, 5) is 33.3. The summed E-state index contributed by atoms with van der Waals surface area (Å²) in [7, 11) is 5.19. The lowest BCUT2D eigenvalue weighted by Gasteiger charge is -2.51. The number of para-hydroxylation sites is 1. The van der Waals surface area contributed by atoms with Crippen molar-refractivity contribution in [2.75, 3.05) is 27.8 Å². The third-order valence-electron chi connectivity index (χ3n) is 12.5. The highest BCUT2D eigenvalue weighted by molar-refractivity contribution is 5.93. The Balaban J connectivity index is 1.71. The van der Waals surface area contributed by atoms with Gasteiger partial charge in [-0.05, 0) is 92.4 Å². The summed E-state index contributed by atoms with van der Waals surface area (Å²) in [5.74, 6) is -5.34. The Morgan fingerprint density at radius 2 is 1.68 bits per heavy atom. The maximum atomic E-state index is 13.9. The van der Waals surface area contributed by atoms with Gasteiger partial charge in [-0.25, -0.2) is 4.79 Å². The van der Waals surface area contributed by atoms with Crippen molar-refractivity contribution in [3.63, 3.8) is 0 Å². The largest absolute Gasteiger partial charge is 0.462 e. The van der Waals surface area contributed by atoms with Gasteiger partial charge in [-0.1, -0.05) is 39.0 Å². The van der Waals surface area contributed by atoms with Crippen LogP contribution in [-0.2, 0) is 28.5 Å². The van der Waals surface area contributed by atoms with Crippen molar-refractivity contribution in [1.82, 2.24) is 9.88 Å². The molecule has 3 heterocycles. The quantitative estimate of drug-likeness (QED) is 0.232. The molecule has 0 bridgehead atoms. The van der Waals surface area contributed by atoms with Crippen LogP contribution in [0.4, 0.5) is 0 Å². The van der Waals surface area contributed by atoms with Gasteiger partial charge in [0.1, 0.15) is 17.8 Å². The van der Waals surface area contributed by atoms with Crippen LogP contribution >= 0.6 is 0 Å². The molecular formula is C42H66N2O12. The van der Waals surface area contributed by atoms with Crippen molar-refractivity contribution in [2.24, 2.45) is 23.7 Å². The molecule has 2 aromatic rings. The molecule has 0 radical (unpaired) electrons. The fraction of sp³-hybridized carbons (Fsp3) is 0.738. The van der Waals surface area contributed by atoms with Crippen LogP contribution in [0.5, 0.6) is 0 Å². The van der Waals surface area contributed by atoms with E-state index in [9.17, 15) is 35.1 Å². The molecule has 0 spiro atoms. The number of fused-ring (bicyclic) bond motifs is 1. The first-order valence-corrected chi connectivity index (χ1v) is 19.8. The van der Waals surface area contributed by atoms with E-state index in [4.69, 9.17) is 23.7 Å². The molecule has 0 amide bonds. The zero-order chi connectivity index (χ0) is 41.9. The molecule has 1 aromatic heterocycles. The molecular weight excluding hydrogens is 724 g/mol. The Kier molecular flexibility index (Phi) is 15.1. The molecule has 316 valence electrons. The van der Waals surface area contributed by atoms with E-state index in [1.807, 2.05) is 50.2 Å². The minimum atomic E-state index is -2.05. The summed E-state index contributed by atoms with van der Waals surface area (Å²) < 4.78 is 30.5. The van der Waals surface area contributed by atoms with Gasteiger partial charge in [0.05, 0.1) is 59.2 Å². The lowest BCUT2D eigenvalue weighted by molar-refractivity contribution is -0.303. The van der Waals surface area contributed by atoms with Crippen LogP contribution in [0.25, 0.3) is 10.9 Å². The maximum Gasteiger partial charge on any atom is 0.339 e. The van der Waals surface area contributed by atoms with E-state index in [0.717, 1.165) is 5.39 Å². The van der Waals surface area contributed by atoms with Crippen LogP contribution < -0.4 is 0 Å². The zero-order valence-electron chi connectivity index (χ0n) is 34.9. The summed E-state index contributed by atoms with van der Waals surface area (Å²) in [5.41, 5.74) is -4.38. The monoisotopic (exact) mass is 790 g/mol. The number of aliphatic hydroxyl groups excluding tert-OH is 3. The average Bonchev–Trinajstić information content (AvgIpc) is 3.16. The van der Waals surface area contributed by atoms with Gasteiger partial charge in [-0.2, -0.15) is 0 Å². The van der Waals surface area contributed by atoms with Crippen LogP contribution in [0, 0.1) is 23.7 Å². The SMILES string of the molecule is CC[C@H]1OC(=O)[C@H](C)[C@@H](O)[C@@H](C)[C@@H](O[C@@H]2O[C@H](C)C[C@H](N(C)C)[C@H]2O)[C@](C)(OC)C[C@@H](C)C(O)C(C)(O)[C@H](CCOC(=O)c2cnc3ccccc3c2)[C@]1(C)O. The number of cyclic esters (lactones) is 1. The van der Waals surface area contributed by atoms with Crippen LogP contribution in [0.15, 0.2) is 36.5 Å². The number of benzene rings is 1. The number of likely N-dealkylation sites (N-methyl/N-ethyl adjacent to an activating group) is 1. The van der Waals surface area contributed by atoms with Crippen molar-refractivity contribution in [2.45, 2.75) is 147 Å². The number of carbonyl (C=O) groups excluding carboxylic acids is 2. The van der Waals surface area contributed by atoms with Crippen molar-refractivity contribution in [3.05, 3.63) is 42.1 Å².